The first kappa shape index (κ1) is 18.0. The van der Waals surface area contributed by atoms with Gasteiger partial charge in [-0.1, -0.05) is 30.3 Å². The molecule has 0 saturated heterocycles. The van der Waals surface area contributed by atoms with Gasteiger partial charge in [0.15, 0.2) is 0 Å². The summed E-state index contributed by atoms with van der Waals surface area (Å²) in [5.74, 6) is 0. The standard InChI is InChI=1S/C24H15N5S/c25-15-18(24-27-21-8-4-5-9-22(21)30-24)14-19-16-29(20-6-2-1-3-7-20)28-23(19)17-10-12-26-13-11-17/h1-14,16H/b18-14+. The van der Waals surface area contributed by atoms with Crippen molar-refractivity contribution < 1.29 is 0 Å². The molecule has 6 heteroatoms. The Bertz CT molecular complexity index is 1360. The lowest BCUT2D eigenvalue weighted by molar-refractivity contribution is 0.884. The van der Waals surface area contributed by atoms with Crippen molar-refractivity contribution in [1.82, 2.24) is 19.7 Å². The van der Waals surface area contributed by atoms with E-state index in [1.165, 1.54) is 11.3 Å². The first-order valence-electron chi connectivity index (χ1n) is 9.35. The Morgan fingerprint density at radius 1 is 0.967 bits per heavy atom. The molecule has 5 rings (SSSR count). The molecule has 0 N–H and O–H groups in total. The van der Waals surface area contributed by atoms with E-state index in [1.54, 1.807) is 12.4 Å². The maximum atomic E-state index is 9.86. The Balaban J connectivity index is 1.66. The molecule has 0 aliphatic heterocycles. The minimum absolute atomic E-state index is 0.513. The number of nitrogens with zero attached hydrogens (tertiary/aromatic N) is 5. The average Bonchev–Trinajstić information content (AvgIpc) is 3.43. The van der Waals surface area contributed by atoms with Crippen molar-refractivity contribution in [3.63, 3.8) is 0 Å². The number of allylic oxidation sites excluding steroid dienone is 1. The van der Waals surface area contributed by atoms with Crippen LogP contribution < -0.4 is 0 Å². The Hall–Kier alpha value is -4.08. The molecule has 3 aromatic heterocycles. The molecule has 142 valence electrons. The van der Waals surface area contributed by atoms with Crippen LogP contribution in [0.15, 0.2) is 85.3 Å². The van der Waals surface area contributed by atoms with E-state index in [9.17, 15) is 5.26 Å². The molecule has 0 bridgehead atoms. The van der Waals surface area contributed by atoms with E-state index < -0.39 is 0 Å². The van der Waals surface area contributed by atoms with Crippen LogP contribution >= 0.6 is 11.3 Å². The summed E-state index contributed by atoms with van der Waals surface area (Å²) in [6.07, 6.45) is 7.28. The lowest BCUT2D eigenvalue weighted by atomic mass is 10.1. The van der Waals surface area contributed by atoms with Gasteiger partial charge in [0.1, 0.15) is 16.8 Å². The van der Waals surface area contributed by atoms with Crippen LogP contribution in [0, 0.1) is 11.3 Å². The molecule has 0 amide bonds. The third-order valence-corrected chi connectivity index (χ3v) is 5.73. The number of rotatable bonds is 4. The summed E-state index contributed by atoms with van der Waals surface area (Å²) in [5.41, 5.74) is 4.93. The topological polar surface area (TPSA) is 67.4 Å². The number of para-hydroxylation sites is 2. The first-order chi connectivity index (χ1) is 14.8. The van der Waals surface area contributed by atoms with Gasteiger partial charge in [0, 0.05) is 29.7 Å². The molecular weight excluding hydrogens is 390 g/mol. The van der Waals surface area contributed by atoms with Crippen LogP contribution in [0.5, 0.6) is 0 Å². The zero-order valence-electron chi connectivity index (χ0n) is 15.8. The molecule has 30 heavy (non-hydrogen) atoms. The highest BCUT2D eigenvalue weighted by molar-refractivity contribution is 7.19. The molecule has 0 atom stereocenters. The summed E-state index contributed by atoms with van der Waals surface area (Å²) in [4.78, 5) is 8.74. The third kappa shape index (κ3) is 3.39. The van der Waals surface area contributed by atoms with Gasteiger partial charge in [-0.2, -0.15) is 10.4 Å². The number of hydrogen-bond donors (Lipinski definition) is 0. The molecular formula is C24H15N5S. The second-order valence-electron chi connectivity index (χ2n) is 6.61. The van der Waals surface area contributed by atoms with Gasteiger partial charge in [0.05, 0.1) is 21.5 Å². The first-order valence-corrected chi connectivity index (χ1v) is 10.2. The van der Waals surface area contributed by atoms with Gasteiger partial charge in [-0.25, -0.2) is 9.67 Å². The van der Waals surface area contributed by atoms with Crippen molar-refractivity contribution in [3.8, 4) is 23.0 Å². The highest BCUT2D eigenvalue weighted by Gasteiger charge is 2.14. The number of thiazole rings is 1. The number of benzene rings is 2. The lowest BCUT2D eigenvalue weighted by Gasteiger charge is -2.00. The monoisotopic (exact) mass is 405 g/mol. The Labute approximate surface area is 177 Å². The molecule has 0 spiro atoms. The zero-order valence-corrected chi connectivity index (χ0v) is 16.6. The second-order valence-corrected chi connectivity index (χ2v) is 7.64. The molecule has 5 aromatic rings. The lowest BCUT2D eigenvalue weighted by Crippen LogP contribution is -1.93. The quantitative estimate of drug-likeness (QED) is 0.365. The van der Waals surface area contributed by atoms with Crippen LogP contribution in [0.25, 0.3) is 38.8 Å². The normalized spacial score (nSPS) is 11.5. The van der Waals surface area contributed by atoms with Crippen molar-refractivity contribution in [2.24, 2.45) is 0 Å². The molecule has 0 saturated carbocycles. The number of fused-ring (bicyclic) bond motifs is 1. The summed E-state index contributed by atoms with van der Waals surface area (Å²) in [5, 5.41) is 15.4. The molecule has 0 aliphatic rings. The van der Waals surface area contributed by atoms with Crippen LogP contribution in [-0.2, 0) is 0 Å². The molecule has 5 nitrogen and oxygen atoms in total. The van der Waals surface area contributed by atoms with Crippen molar-refractivity contribution in [1.29, 1.82) is 5.26 Å². The largest absolute Gasteiger partial charge is 0.265 e. The van der Waals surface area contributed by atoms with E-state index in [2.05, 4.69) is 16.0 Å². The minimum Gasteiger partial charge on any atom is -0.265 e. The fraction of sp³-hybridized carbons (Fsp3) is 0. The van der Waals surface area contributed by atoms with E-state index in [1.807, 2.05) is 83.7 Å². The molecule has 0 aliphatic carbocycles. The van der Waals surface area contributed by atoms with Gasteiger partial charge in [-0.3, -0.25) is 4.98 Å². The van der Waals surface area contributed by atoms with Crippen LogP contribution in [0.4, 0.5) is 0 Å². The van der Waals surface area contributed by atoms with Gasteiger partial charge in [-0.05, 0) is 42.5 Å². The predicted octanol–water partition coefficient (Wildman–Crippen LogP) is 5.61. The predicted molar refractivity (Wildman–Crippen MR) is 120 cm³/mol. The summed E-state index contributed by atoms with van der Waals surface area (Å²) < 4.78 is 2.89. The van der Waals surface area contributed by atoms with Crippen molar-refractivity contribution >= 4 is 33.2 Å². The van der Waals surface area contributed by atoms with E-state index in [0.29, 0.717) is 10.6 Å². The van der Waals surface area contributed by atoms with E-state index in [4.69, 9.17) is 5.10 Å². The van der Waals surface area contributed by atoms with Gasteiger partial charge in [0.2, 0.25) is 0 Å². The maximum absolute atomic E-state index is 9.86. The summed E-state index contributed by atoms with van der Waals surface area (Å²) in [6, 6.07) is 24.0. The number of aromatic nitrogens is 4. The Morgan fingerprint density at radius 3 is 2.50 bits per heavy atom. The van der Waals surface area contributed by atoms with E-state index in [0.717, 1.165) is 32.7 Å². The molecule has 0 fully saturated rings. The highest BCUT2D eigenvalue weighted by atomic mass is 32.1. The SMILES string of the molecule is N#C/C(=C\c1cn(-c2ccccc2)nc1-c1ccncc1)c1nc2ccccc2s1. The molecule has 3 heterocycles. The van der Waals surface area contributed by atoms with Gasteiger partial charge in [0.25, 0.3) is 0 Å². The number of hydrogen-bond acceptors (Lipinski definition) is 5. The number of pyridine rings is 1. The fourth-order valence-corrected chi connectivity index (χ4v) is 4.16. The van der Waals surface area contributed by atoms with Crippen LogP contribution in [0.3, 0.4) is 0 Å². The minimum atomic E-state index is 0.513. The van der Waals surface area contributed by atoms with Gasteiger partial charge < -0.3 is 0 Å². The van der Waals surface area contributed by atoms with Crippen molar-refractivity contribution in [2.45, 2.75) is 0 Å². The van der Waals surface area contributed by atoms with Crippen LogP contribution in [0.1, 0.15) is 10.6 Å². The number of nitriles is 1. The zero-order chi connectivity index (χ0) is 20.3. The third-order valence-electron chi connectivity index (χ3n) is 4.66. The van der Waals surface area contributed by atoms with Gasteiger partial charge in [-0.15, -0.1) is 11.3 Å². The van der Waals surface area contributed by atoms with Crippen molar-refractivity contribution in [2.75, 3.05) is 0 Å². The van der Waals surface area contributed by atoms with E-state index >= 15 is 0 Å². The maximum Gasteiger partial charge on any atom is 0.135 e. The average molecular weight is 405 g/mol. The van der Waals surface area contributed by atoms with E-state index in [-0.39, 0.29) is 0 Å². The van der Waals surface area contributed by atoms with Gasteiger partial charge >= 0.3 is 0 Å². The second kappa shape index (κ2) is 7.74. The van der Waals surface area contributed by atoms with Crippen molar-refractivity contribution in [3.05, 3.63) is 95.9 Å². The highest BCUT2D eigenvalue weighted by Crippen LogP contribution is 2.31. The summed E-state index contributed by atoms with van der Waals surface area (Å²) in [7, 11) is 0. The fourth-order valence-electron chi connectivity index (χ4n) is 3.22. The molecule has 0 radical (unpaired) electrons. The van der Waals surface area contributed by atoms with Crippen LogP contribution in [-0.4, -0.2) is 19.7 Å². The smallest absolute Gasteiger partial charge is 0.135 e. The molecule has 0 unspecified atom stereocenters. The Kier molecular flexibility index (Phi) is 4.64. The summed E-state index contributed by atoms with van der Waals surface area (Å²) in [6.45, 7) is 0. The molecule has 2 aromatic carbocycles. The summed E-state index contributed by atoms with van der Waals surface area (Å²) >= 11 is 1.51. The Morgan fingerprint density at radius 2 is 1.73 bits per heavy atom. The van der Waals surface area contributed by atoms with Crippen LogP contribution in [0.2, 0.25) is 0 Å².